The summed E-state index contributed by atoms with van der Waals surface area (Å²) in [5, 5.41) is 0.563. The zero-order valence-corrected chi connectivity index (χ0v) is 17.2. The lowest BCUT2D eigenvalue weighted by Gasteiger charge is -2.29. The second-order valence-corrected chi connectivity index (χ2v) is 7.94. The van der Waals surface area contributed by atoms with Crippen LogP contribution in [-0.2, 0) is 17.7 Å². The van der Waals surface area contributed by atoms with E-state index in [1.54, 1.807) is 23.0 Å². The summed E-state index contributed by atoms with van der Waals surface area (Å²) in [6.07, 6.45) is 10.0. The van der Waals surface area contributed by atoms with Gasteiger partial charge in [0.1, 0.15) is 0 Å². The van der Waals surface area contributed by atoms with Crippen molar-refractivity contribution in [2.24, 2.45) is 0 Å². The van der Waals surface area contributed by atoms with Crippen molar-refractivity contribution in [1.29, 1.82) is 0 Å². The summed E-state index contributed by atoms with van der Waals surface area (Å²) in [6.45, 7) is 3.65. The summed E-state index contributed by atoms with van der Waals surface area (Å²) in [5.74, 6) is 0. The van der Waals surface area contributed by atoms with Crippen molar-refractivity contribution in [2.75, 3.05) is 31.2 Å². The maximum Gasteiger partial charge on any atom is 0.251 e. The average Bonchev–Trinajstić information content (AvgIpc) is 3.19. The third kappa shape index (κ3) is 3.76. The molecule has 7 heteroatoms. The van der Waals surface area contributed by atoms with Gasteiger partial charge in [0.05, 0.1) is 42.4 Å². The lowest BCUT2D eigenvalue weighted by molar-refractivity contribution is 0.122. The van der Waals surface area contributed by atoms with Crippen LogP contribution in [0.2, 0.25) is 5.02 Å². The van der Waals surface area contributed by atoms with Crippen molar-refractivity contribution in [1.82, 2.24) is 14.5 Å². The van der Waals surface area contributed by atoms with Crippen molar-refractivity contribution in [3.05, 3.63) is 92.9 Å². The number of allylic oxidation sites excluding steroid dienone is 1. The van der Waals surface area contributed by atoms with E-state index < -0.39 is 0 Å². The van der Waals surface area contributed by atoms with E-state index in [-0.39, 0.29) is 5.56 Å². The molecule has 0 amide bonds. The summed E-state index contributed by atoms with van der Waals surface area (Å²) in [6, 6.07) is 7.70. The molecule has 1 aliphatic carbocycles. The van der Waals surface area contributed by atoms with E-state index in [1.165, 1.54) is 0 Å². The van der Waals surface area contributed by atoms with E-state index in [2.05, 4.69) is 27.0 Å². The van der Waals surface area contributed by atoms with Crippen molar-refractivity contribution in [3.8, 4) is 0 Å². The number of pyridine rings is 3. The van der Waals surface area contributed by atoms with Crippen molar-refractivity contribution >= 4 is 22.9 Å². The molecule has 0 unspecified atom stereocenters. The molecule has 30 heavy (non-hydrogen) atoms. The predicted octanol–water partition coefficient (Wildman–Crippen LogP) is 3.16. The number of aromatic nitrogens is 3. The fourth-order valence-corrected chi connectivity index (χ4v) is 4.20. The number of halogens is 1. The summed E-state index contributed by atoms with van der Waals surface area (Å²) in [4.78, 5) is 23.8. The van der Waals surface area contributed by atoms with Crippen molar-refractivity contribution in [3.63, 3.8) is 0 Å². The molecular formula is C23H21ClN4O2. The molecule has 1 saturated heterocycles. The highest BCUT2D eigenvalue weighted by molar-refractivity contribution is 6.30. The van der Waals surface area contributed by atoms with Gasteiger partial charge in [0.15, 0.2) is 0 Å². The monoisotopic (exact) mass is 420 g/mol. The van der Waals surface area contributed by atoms with Crippen molar-refractivity contribution in [2.45, 2.75) is 13.0 Å². The van der Waals surface area contributed by atoms with E-state index in [0.717, 1.165) is 66.4 Å². The number of fused-ring (bicyclic) bond motifs is 1. The van der Waals surface area contributed by atoms with E-state index in [0.29, 0.717) is 11.6 Å². The van der Waals surface area contributed by atoms with Gasteiger partial charge in [0.25, 0.3) is 5.56 Å². The number of hydrogen-bond donors (Lipinski definition) is 0. The first kappa shape index (κ1) is 19.0. The molecule has 1 fully saturated rings. The molecule has 3 aromatic rings. The van der Waals surface area contributed by atoms with Crippen LogP contribution in [-0.4, -0.2) is 40.8 Å². The Bertz CT molecular complexity index is 1180. The normalized spacial score (nSPS) is 15.8. The molecule has 0 radical (unpaired) electrons. The maximum absolute atomic E-state index is 12.8. The van der Waals surface area contributed by atoms with E-state index in [4.69, 9.17) is 16.3 Å². The molecule has 0 spiro atoms. The molecule has 0 aromatic carbocycles. The summed E-state index contributed by atoms with van der Waals surface area (Å²) in [5.41, 5.74) is 6.08. The zero-order valence-electron chi connectivity index (χ0n) is 16.4. The molecule has 6 nitrogen and oxygen atoms in total. The van der Waals surface area contributed by atoms with Crippen LogP contribution in [0, 0.1) is 0 Å². The molecule has 4 heterocycles. The quantitative estimate of drug-likeness (QED) is 0.648. The first-order chi connectivity index (χ1) is 14.7. The minimum Gasteiger partial charge on any atom is -0.378 e. The van der Waals surface area contributed by atoms with Crippen LogP contribution in [0.15, 0.2) is 59.9 Å². The fourth-order valence-electron chi connectivity index (χ4n) is 4.00. The van der Waals surface area contributed by atoms with Crippen molar-refractivity contribution < 1.29 is 4.74 Å². The highest BCUT2D eigenvalue weighted by Crippen LogP contribution is 2.33. The van der Waals surface area contributed by atoms with Crippen LogP contribution >= 0.6 is 11.6 Å². The molecular weight excluding hydrogens is 400 g/mol. The van der Waals surface area contributed by atoms with Crippen LogP contribution in [0.1, 0.15) is 22.4 Å². The van der Waals surface area contributed by atoms with Gasteiger partial charge in [-0.3, -0.25) is 14.8 Å². The second-order valence-electron chi connectivity index (χ2n) is 7.50. The topological polar surface area (TPSA) is 60.3 Å². The molecule has 0 atom stereocenters. The molecule has 1 aliphatic heterocycles. The minimum absolute atomic E-state index is 0.0564. The molecule has 152 valence electrons. The van der Waals surface area contributed by atoms with Crippen LogP contribution in [0.5, 0.6) is 0 Å². The third-order valence-corrected chi connectivity index (χ3v) is 5.75. The predicted molar refractivity (Wildman–Crippen MR) is 117 cm³/mol. The smallest absolute Gasteiger partial charge is 0.251 e. The maximum atomic E-state index is 12.8. The Balaban J connectivity index is 1.42. The van der Waals surface area contributed by atoms with Gasteiger partial charge in [-0.2, -0.15) is 0 Å². The molecule has 3 aromatic heterocycles. The second kappa shape index (κ2) is 8.05. The Morgan fingerprint density at radius 3 is 2.77 bits per heavy atom. The van der Waals surface area contributed by atoms with Gasteiger partial charge in [-0.1, -0.05) is 17.7 Å². The molecule has 0 N–H and O–H groups in total. The van der Waals surface area contributed by atoms with Gasteiger partial charge in [-0.15, -0.1) is 0 Å². The van der Waals surface area contributed by atoms with Gasteiger partial charge in [-0.25, -0.2) is 0 Å². The molecule has 2 aliphatic rings. The average molecular weight is 421 g/mol. The summed E-state index contributed by atoms with van der Waals surface area (Å²) in [7, 11) is 0. The highest BCUT2D eigenvalue weighted by atomic mass is 35.5. The van der Waals surface area contributed by atoms with Gasteiger partial charge in [0.2, 0.25) is 0 Å². The standard InChI is InChI=1S/C23H21ClN4O2/c24-18-9-16(12-25-13-18)15-28-4-3-17(10-23(28)29)20-1-2-22-21(20)11-19(14-26-22)27-5-7-30-8-6-27/h1,3-4,9-14H,2,5-8,15H2. The van der Waals surface area contributed by atoms with Crippen LogP contribution in [0.3, 0.4) is 0 Å². The third-order valence-electron chi connectivity index (χ3n) is 5.54. The van der Waals surface area contributed by atoms with E-state index in [1.807, 2.05) is 24.5 Å². The lowest BCUT2D eigenvalue weighted by Crippen LogP contribution is -2.36. The Kier molecular flexibility index (Phi) is 5.11. The lowest BCUT2D eigenvalue weighted by atomic mass is 10.0. The SMILES string of the molecule is O=c1cc(C2=CCc3ncc(N4CCOCC4)cc32)ccn1Cc1cncc(Cl)c1. The zero-order chi connectivity index (χ0) is 20.5. The highest BCUT2D eigenvalue weighted by Gasteiger charge is 2.20. The largest absolute Gasteiger partial charge is 0.378 e. The number of nitrogens with zero attached hydrogens (tertiary/aromatic N) is 4. The van der Waals surface area contributed by atoms with Gasteiger partial charge in [-0.05, 0) is 34.9 Å². The molecule has 0 bridgehead atoms. The van der Waals surface area contributed by atoms with E-state index in [9.17, 15) is 4.79 Å². The summed E-state index contributed by atoms with van der Waals surface area (Å²) < 4.78 is 7.12. The first-order valence-electron chi connectivity index (χ1n) is 10.00. The van der Waals surface area contributed by atoms with Crippen LogP contribution in [0.4, 0.5) is 5.69 Å². The van der Waals surface area contributed by atoms with E-state index >= 15 is 0 Å². The Labute approximate surface area is 179 Å². The number of rotatable bonds is 4. The van der Waals surface area contributed by atoms with Gasteiger partial charge >= 0.3 is 0 Å². The summed E-state index contributed by atoms with van der Waals surface area (Å²) >= 11 is 6.01. The number of ether oxygens (including phenoxy) is 1. The number of morpholine rings is 1. The number of anilines is 1. The molecule has 5 rings (SSSR count). The van der Waals surface area contributed by atoms with Gasteiger partial charge < -0.3 is 14.2 Å². The minimum atomic E-state index is -0.0564. The molecule has 0 saturated carbocycles. The fraction of sp³-hybridized carbons (Fsp3) is 0.261. The Morgan fingerprint density at radius 1 is 1.10 bits per heavy atom. The van der Waals surface area contributed by atoms with Gasteiger partial charge in [0, 0.05) is 49.7 Å². The Hall–Kier alpha value is -2.96. The Morgan fingerprint density at radius 2 is 1.97 bits per heavy atom. The van der Waals surface area contributed by atoms with Crippen LogP contribution < -0.4 is 10.5 Å². The first-order valence-corrected chi connectivity index (χ1v) is 10.4. The van der Waals surface area contributed by atoms with Crippen LogP contribution in [0.25, 0.3) is 5.57 Å². The number of hydrogen-bond acceptors (Lipinski definition) is 5.